The lowest BCUT2D eigenvalue weighted by atomic mass is 9.84. The molecule has 0 rings (SSSR count). The minimum Gasteiger partial charge on any atom is -0.481 e. The minimum atomic E-state index is -0.800. The van der Waals surface area contributed by atoms with E-state index in [9.17, 15) is 14.4 Å². The van der Waals surface area contributed by atoms with Crippen LogP contribution in [0.15, 0.2) is 0 Å². The summed E-state index contributed by atoms with van der Waals surface area (Å²) in [5, 5.41) is 16.4. The van der Waals surface area contributed by atoms with Crippen LogP contribution in [-0.2, 0) is 9.59 Å². The molecule has 0 aromatic heterocycles. The van der Waals surface area contributed by atoms with E-state index in [4.69, 9.17) is 5.11 Å². The SMILES string of the molecule is CCNC(=O)NC(=O)C(C)NCCC(C)(C)CCC(=O)O. The molecule has 21 heavy (non-hydrogen) atoms. The number of rotatable bonds is 9. The fourth-order valence-corrected chi connectivity index (χ4v) is 1.71. The Hall–Kier alpha value is -1.63. The van der Waals surface area contributed by atoms with Crippen molar-refractivity contribution in [2.45, 2.75) is 53.0 Å². The highest BCUT2D eigenvalue weighted by molar-refractivity contribution is 5.96. The number of hydrogen-bond donors (Lipinski definition) is 4. The Morgan fingerprint density at radius 1 is 1.19 bits per heavy atom. The molecule has 3 amide bonds. The van der Waals surface area contributed by atoms with Gasteiger partial charge in [0.1, 0.15) is 0 Å². The highest BCUT2D eigenvalue weighted by Crippen LogP contribution is 2.25. The molecule has 0 saturated carbocycles. The molecule has 0 aromatic carbocycles. The maximum Gasteiger partial charge on any atom is 0.321 e. The number of carboxylic acids is 1. The second kappa shape index (κ2) is 9.33. The normalized spacial score (nSPS) is 12.6. The summed E-state index contributed by atoms with van der Waals surface area (Å²) in [5.41, 5.74) is -0.110. The number of imide groups is 1. The zero-order valence-electron chi connectivity index (χ0n) is 13.3. The number of aliphatic carboxylic acids is 1. The molecule has 122 valence electrons. The van der Waals surface area contributed by atoms with Crippen LogP contribution in [0.25, 0.3) is 0 Å². The van der Waals surface area contributed by atoms with Crippen LogP contribution in [0.1, 0.15) is 47.0 Å². The van der Waals surface area contributed by atoms with Gasteiger partial charge in [-0.15, -0.1) is 0 Å². The highest BCUT2D eigenvalue weighted by atomic mass is 16.4. The molecule has 0 bridgehead atoms. The summed E-state index contributed by atoms with van der Waals surface area (Å²) in [5.74, 6) is -1.19. The Morgan fingerprint density at radius 2 is 1.81 bits per heavy atom. The molecule has 0 radical (unpaired) electrons. The number of carboxylic acid groups (broad SMARTS) is 1. The standard InChI is InChI=1S/C14H27N3O4/c1-5-15-13(21)17-12(20)10(2)16-9-8-14(3,4)7-6-11(18)19/h10,16H,5-9H2,1-4H3,(H,18,19)(H2,15,17,20,21). The third-order valence-electron chi connectivity index (χ3n) is 3.24. The lowest BCUT2D eigenvalue weighted by Crippen LogP contribution is -2.48. The summed E-state index contributed by atoms with van der Waals surface area (Å²) in [6, 6.07) is -0.985. The van der Waals surface area contributed by atoms with Crippen LogP contribution in [0.5, 0.6) is 0 Å². The molecule has 0 fully saturated rings. The predicted octanol–water partition coefficient (Wildman–Crippen LogP) is 1.09. The number of hydrogen-bond acceptors (Lipinski definition) is 4. The molecule has 4 N–H and O–H groups in total. The van der Waals surface area contributed by atoms with E-state index in [1.54, 1.807) is 13.8 Å². The molecule has 7 heteroatoms. The summed E-state index contributed by atoms with van der Waals surface area (Å²) in [7, 11) is 0. The Kier molecular flexibility index (Phi) is 8.61. The summed E-state index contributed by atoms with van der Waals surface area (Å²) in [6.07, 6.45) is 1.47. The molecule has 0 heterocycles. The van der Waals surface area contributed by atoms with Gasteiger partial charge in [-0.05, 0) is 38.6 Å². The summed E-state index contributed by atoms with van der Waals surface area (Å²) in [6.45, 7) is 8.48. The van der Waals surface area contributed by atoms with Crippen molar-refractivity contribution >= 4 is 17.9 Å². The molecule has 7 nitrogen and oxygen atoms in total. The lowest BCUT2D eigenvalue weighted by Gasteiger charge is -2.24. The highest BCUT2D eigenvalue weighted by Gasteiger charge is 2.20. The molecule has 0 aliphatic heterocycles. The van der Waals surface area contributed by atoms with Gasteiger partial charge in [-0.1, -0.05) is 13.8 Å². The van der Waals surface area contributed by atoms with Gasteiger partial charge in [0.05, 0.1) is 6.04 Å². The van der Waals surface area contributed by atoms with Crippen LogP contribution in [0, 0.1) is 5.41 Å². The third-order valence-corrected chi connectivity index (χ3v) is 3.24. The van der Waals surface area contributed by atoms with Gasteiger partial charge in [-0.25, -0.2) is 4.79 Å². The van der Waals surface area contributed by atoms with Crippen molar-refractivity contribution < 1.29 is 19.5 Å². The van der Waals surface area contributed by atoms with E-state index in [-0.39, 0.29) is 17.7 Å². The van der Waals surface area contributed by atoms with Crippen molar-refractivity contribution in [2.24, 2.45) is 5.41 Å². The molecule has 0 saturated heterocycles. The molecule has 0 spiro atoms. The van der Waals surface area contributed by atoms with Crippen LogP contribution in [0.3, 0.4) is 0 Å². The minimum absolute atomic E-state index is 0.110. The van der Waals surface area contributed by atoms with Gasteiger partial charge in [-0.3, -0.25) is 14.9 Å². The Morgan fingerprint density at radius 3 is 2.33 bits per heavy atom. The van der Waals surface area contributed by atoms with Crippen molar-refractivity contribution in [1.82, 2.24) is 16.0 Å². The maximum absolute atomic E-state index is 11.7. The van der Waals surface area contributed by atoms with Crippen LogP contribution in [0.2, 0.25) is 0 Å². The van der Waals surface area contributed by atoms with Gasteiger partial charge in [0, 0.05) is 13.0 Å². The van der Waals surface area contributed by atoms with Gasteiger partial charge in [0.25, 0.3) is 0 Å². The quantitative estimate of drug-likeness (QED) is 0.510. The first-order valence-corrected chi connectivity index (χ1v) is 7.22. The van der Waals surface area contributed by atoms with E-state index >= 15 is 0 Å². The first-order valence-electron chi connectivity index (χ1n) is 7.22. The van der Waals surface area contributed by atoms with E-state index in [1.807, 2.05) is 13.8 Å². The predicted molar refractivity (Wildman–Crippen MR) is 79.9 cm³/mol. The van der Waals surface area contributed by atoms with E-state index in [0.29, 0.717) is 19.5 Å². The van der Waals surface area contributed by atoms with Crippen LogP contribution in [0.4, 0.5) is 4.79 Å². The van der Waals surface area contributed by atoms with Gasteiger partial charge in [0.2, 0.25) is 5.91 Å². The summed E-state index contributed by atoms with van der Waals surface area (Å²) >= 11 is 0. The van der Waals surface area contributed by atoms with E-state index < -0.39 is 18.0 Å². The molecule has 1 unspecified atom stereocenters. The summed E-state index contributed by atoms with van der Waals surface area (Å²) < 4.78 is 0. The zero-order valence-corrected chi connectivity index (χ0v) is 13.3. The second-order valence-electron chi connectivity index (χ2n) is 5.83. The van der Waals surface area contributed by atoms with E-state index in [0.717, 1.165) is 6.42 Å². The molecule has 0 aliphatic carbocycles. The zero-order chi connectivity index (χ0) is 16.5. The van der Waals surface area contributed by atoms with Gasteiger partial charge in [-0.2, -0.15) is 0 Å². The molecular weight excluding hydrogens is 274 g/mol. The summed E-state index contributed by atoms with van der Waals surface area (Å²) in [4.78, 5) is 33.5. The second-order valence-corrected chi connectivity index (χ2v) is 5.83. The van der Waals surface area contributed by atoms with Gasteiger partial charge in [0.15, 0.2) is 0 Å². The first kappa shape index (κ1) is 19.4. The van der Waals surface area contributed by atoms with Gasteiger partial charge >= 0.3 is 12.0 Å². The van der Waals surface area contributed by atoms with Crippen LogP contribution in [-0.4, -0.2) is 42.1 Å². The average molecular weight is 301 g/mol. The average Bonchev–Trinajstić information content (AvgIpc) is 2.36. The largest absolute Gasteiger partial charge is 0.481 e. The van der Waals surface area contributed by atoms with Gasteiger partial charge < -0.3 is 15.7 Å². The lowest BCUT2D eigenvalue weighted by molar-refractivity contribution is -0.137. The van der Waals surface area contributed by atoms with Crippen molar-refractivity contribution in [3.8, 4) is 0 Å². The molecule has 0 aromatic rings. The molecular formula is C14H27N3O4. The van der Waals surface area contributed by atoms with Crippen LogP contribution >= 0.6 is 0 Å². The van der Waals surface area contributed by atoms with Crippen molar-refractivity contribution in [3.63, 3.8) is 0 Å². The topological polar surface area (TPSA) is 108 Å². The van der Waals surface area contributed by atoms with Crippen LogP contribution < -0.4 is 16.0 Å². The van der Waals surface area contributed by atoms with Crippen molar-refractivity contribution in [2.75, 3.05) is 13.1 Å². The fraction of sp³-hybridized carbons (Fsp3) is 0.786. The van der Waals surface area contributed by atoms with E-state index in [1.165, 1.54) is 0 Å². The first-order chi connectivity index (χ1) is 9.68. The van der Waals surface area contributed by atoms with Crippen molar-refractivity contribution in [1.29, 1.82) is 0 Å². The Labute approximate surface area is 125 Å². The number of urea groups is 1. The number of nitrogens with one attached hydrogen (secondary N) is 3. The number of carbonyl (C=O) groups excluding carboxylic acids is 2. The Balaban J connectivity index is 4.01. The third kappa shape index (κ3) is 9.84. The van der Waals surface area contributed by atoms with E-state index in [2.05, 4.69) is 16.0 Å². The number of carbonyl (C=O) groups is 3. The fourth-order valence-electron chi connectivity index (χ4n) is 1.71. The smallest absolute Gasteiger partial charge is 0.321 e. The molecule has 0 aliphatic rings. The number of amides is 3. The van der Waals surface area contributed by atoms with Crippen molar-refractivity contribution in [3.05, 3.63) is 0 Å². The molecule has 1 atom stereocenters. The Bertz CT molecular complexity index is 369. The maximum atomic E-state index is 11.7. The monoisotopic (exact) mass is 301 g/mol.